The van der Waals surface area contributed by atoms with Crippen molar-refractivity contribution in [3.63, 3.8) is 0 Å². The number of aryl methyl sites for hydroxylation is 2. The lowest BCUT2D eigenvalue weighted by Gasteiger charge is -2.06. The number of rotatable bonds is 6. The van der Waals surface area contributed by atoms with Crippen molar-refractivity contribution < 1.29 is 0 Å². The molecular weight excluding hydrogens is 228 g/mol. The summed E-state index contributed by atoms with van der Waals surface area (Å²) in [6.45, 7) is 2.90. The molecule has 4 N–H and O–H groups in total. The third kappa shape index (κ3) is 2.64. The molecule has 0 aliphatic carbocycles. The van der Waals surface area contributed by atoms with E-state index in [4.69, 9.17) is 5.73 Å². The van der Waals surface area contributed by atoms with Gasteiger partial charge in [0.1, 0.15) is 11.6 Å². The van der Waals surface area contributed by atoms with Crippen molar-refractivity contribution in [3.8, 4) is 0 Å². The van der Waals surface area contributed by atoms with Crippen LogP contribution in [0.25, 0.3) is 0 Å². The fourth-order valence-corrected chi connectivity index (χ4v) is 1.96. The first kappa shape index (κ1) is 12.5. The molecule has 0 fully saturated rings. The highest BCUT2D eigenvalue weighted by molar-refractivity contribution is 5.65. The number of imidazole rings is 1. The second-order valence-corrected chi connectivity index (χ2v) is 4.30. The first-order chi connectivity index (χ1) is 8.72. The lowest BCUT2D eigenvalue weighted by atomic mass is 10.2. The molecule has 0 aliphatic heterocycles. The summed E-state index contributed by atoms with van der Waals surface area (Å²) < 4.78 is 1.81. The van der Waals surface area contributed by atoms with E-state index in [1.165, 1.54) is 0 Å². The molecule has 0 aromatic carbocycles. The Kier molecular flexibility index (Phi) is 3.86. The van der Waals surface area contributed by atoms with Crippen LogP contribution >= 0.6 is 0 Å². The molecule has 0 unspecified atom stereocenters. The molecule has 0 radical (unpaired) electrons. The Labute approximate surface area is 107 Å². The molecule has 6 heteroatoms. The van der Waals surface area contributed by atoms with Crippen molar-refractivity contribution in [3.05, 3.63) is 23.9 Å². The van der Waals surface area contributed by atoms with Gasteiger partial charge in [0.25, 0.3) is 0 Å². The molecule has 0 saturated heterocycles. The SMILES string of the molecule is CCCc1nn(C)c(NCCc2ncc[nH]2)c1N. The van der Waals surface area contributed by atoms with Crippen LogP contribution in [0.1, 0.15) is 24.9 Å². The van der Waals surface area contributed by atoms with Crippen molar-refractivity contribution in [2.24, 2.45) is 7.05 Å². The van der Waals surface area contributed by atoms with E-state index >= 15 is 0 Å². The normalized spacial score (nSPS) is 10.8. The average molecular weight is 248 g/mol. The predicted molar refractivity (Wildman–Crippen MR) is 72.4 cm³/mol. The van der Waals surface area contributed by atoms with Gasteiger partial charge in [-0.3, -0.25) is 4.68 Å². The molecule has 98 valence electrons. The maximum Gasteiger partial charge on any atom is 0.147 e. The van der Waals surface area contributed by atoms with Crippen molar-refractivity contribution in [2.45, 2.75) is 26.2 Å². The van der Waals surface area contributed by atoms with Crippen LogP contribution in [0.5, 0.6) is 0 Å². The van der Waals surface area contributed by atoms with Gasteiger partial charge in [-0.05, 0) is 6.42 Å². The summed E-state index contributed by atoms with van der Waals surface area (Å²) in [5.41, 5.74) is 7.82. The summed E-state index contributed by atoms with van der Waals surface area (Å²) in [5.74, 6) is 1.86. The van der Waals surface area contributed by atoms with Gasteiger partial charge in [-0.2, -0.15) is 5.10 Å². The van der Waals surface area contributed by atoms with Crippen LogP contribution < -0.4 is 11.1 Å². The monoisotopic (exact) mass is 248 g/mol. The van der Waals surface area contributed by atoms with E-state index in [9.17, 15) is 0 Å². The Morgan fingerprint density at radius 1 is 1.44 bits per heavy atom. The van der Waals surface area contributed by atoms with E-state index in [1.54, 1.807) is 6.20 Å². The van der Waals surface area contributed by atoms with E-state index in [1.807, 2.05) is 17.9 Å². The lowest BCUT2D eigenvalue weighted by Crippen LogP contribution is -2.10. The van der Waals surface area contributed by atoms with Crippen LogP contribution in [0.3, 0.4) is 0 Å². The van der Waals surface area contributed by atoms with Crippen LogP contribution in [0.15, 0.2) is 12.4 Å². The van der Waals surface area contributed by atoms with E-state index in [-0.39, 0.29) is 0 Å². The molecule has 0 amide bonds. The zero-order valence-corrected chi connectivity index (χ0v) is 10.9. The van der Waals surface area contributed by atoms with E-state index in [0.29, 0.717) is 0 Å². The third-order valence-electron chi connectivity index (χ3n) is 2.86. The number of nitrogen functional groups attached to an aromatic ring is 1. The van der Waals surface area contributed by atoms with Crippen LogP contribution in [0.2, 0.25) is 0 Å². The van der Waals surface area contributed by atoms with Crippen molar-refractivity contribution in [1.29, 1.82) is 0 Å². The number of nitrogens with zero attached hydrogens (tertiary/aromatic N) is 3. The second kappa shape index (κ2) is 5.57. The fraction of sp³-hybridized carbons (Fsp3) is 0.500. The standard InChI is InChI=1S/C12H20N6/c1-3-4-9-11(13)12(18(2)17-9)16-6-5-10-14-7-8-15-10/h7-8,16H,3-6,13H2,1-2H3,(H,14,15). The summed E-state index contributed by atoms with van der Waals surface area (Å²) >= 11 is 0. The molecule has 6 nitrogen and oxygen atoms in total. The Bertz CT molecular complexity index is 485. The highest BCUT2D eigenvalue weighted by atomic mass is 15.3. The van der Waals surface area contributed by atoms with Crippen molar-refractivity contribution in [1.82, 2.24) is 19.7 Å². The minimum atomic E-state index is 0.763. The number of anilines is 2. The number of aromatic amines is 1. The summed E-state index contributed by atoms with van der Waals surface area (Å²) in [6.07, 6.45) is 6.38. The quantitative estimate of drug-likeness (QED) is 0.720. The highest BCUT2D eigenvalue weighted by Crippen LogP contribution is 2.22. The average Bonchev–Trinajstić information content (AvgIpc) is 2.93. The first-order valence-corrected chi connectivity index (χ1v) is 6.25. The molecule has 18 heavy (non-hydrogen) atoms. The number of aromatic nitrogens is 4. The Morgan fingerprint density at radius 2 is 2.28 bits per heavy atom. The van der Waals surface area contributed by atoms with Crippen LogP contribution in [0.4, 0.5) is 11.5 Å². The van der Waals surface area contributed by atoms with E-state index < -0.39 is 0 Å². The molecule has 2 heterocycles. The van der Waals surface area contributed by atoms with Gasteiger partial charge in [0.2, 0.25) is 0 Å². The number of hydrogen-bond donors (Lipinski definition) is 3. The van der Waals surface area contributed by atoms with Gasteiger partial charge in [0.15, 0.2) is 0 Å². The maximum absolute atomic E-state index is 6.08. The van der Waals surface area contributed by atoms with Crippen LogP contribution in [0, 0.1) is 0 Å². The predicted octanol–water partition coefficient (Wildman–Crippen LogP) is 1.33. The number of hydrogen-bond acceptors (Lipinski definition) is 4. The Hall–Kier alpha value is -1.98. The summed E-state index contributed by atoms with van der Waals surface area (Å²) in [5, 5.41) is 7.74. The second-order valence-electron chi connectivity index (χ2n) is 4.30. The largest absolute Gasteiger partial charge is 0.394 e. The number of nitrogens with two attached hydrogens (primary N) is 1. The minimum absolute atomic E-state index is 0.763. The molecule has 0 spiro atoms. The summed E-state index contributed by atoms with van der Waals surface area (Å²) in [4.78, 5) is 7.25. The maximum atomic E-state index is 6.08. The Balaban J connectivity index is 1.96. The van der Waals surface area contributed by atoms with Crippen LogP contribution in [-0.2, 0) is 19.9 Å². The van der Waals surface area contributed by atoms with Gasteiger partial charge < -0.3 is 16.0 Å². The smallest absolute Gasteiger partial charge is 0.147 e. The molecule has 0 aliphatic rings. The summed E-state index contributed by atoms with van der Waals surface area (Å²) in [7, 11) is 1.91. The molecule has 2 aromatic rings. The van der Waals surface area contributed by atoms with E-state index in [0.717, 1.165) is 48.8 Å². The molecule has 2 aromatic heterocycles. The number of nitrogens with one attached hydrogen (secondary N) is 2. The van der Waals surface area contributed by atoms with Crippen LogP contribution in [-0.4, -0.2) is 26.3 Å². The molecule has 0 bridgehead atoms. The zero-order valence-electron chi connectivity index (χ0n) is 10.9. The van der Waals surface area contributed by atoms with Gasteiger partial charge in [0.05, 0.1) is 11.4 Å². The van der Waals surface area contributed by atoms with Crippen molar-refractivity contribution >= 4 is 11.5 Å². The van der Waals surface area contributed by atoms with Crippen molar-refractivity contribution in [2.75, 3.05) is 17.6 Å². The van der Waals surface area contributed by atoms with Gasteiger partial charge in [-0.25, -0.2) is 4.98 Å². The summed E-state index contributed by atoms with van der Waals surface area (Å²) in [6, 6.07) is 0. The minimum Gasteiger partial charge on any atom is -0.394 e. The third-order valence-corrected chi connectivity index (χ3v) is 2.86. The molecular formula is C12H20N6. The lowest BCUT2D eigenvalue weighted by molar-refractivity contribution is 0.733. The molecule has 0 atom stereocenters. The highest BCUT2D eigenvalue weighted by Gasteiger charge is 2.11. The van der Waals surface area contributed by atoms with E-state index in [2.05, 4.69) is 27.3 Å². The zero-order chi connectivity index (χ0) is 13.0. The number of H-pyrrole nitrogens is 1. The topological polar surface area (TPSA) is 84.5 Å². The molecule has 0 saturated carbocycles. The van der Waals surface area contributed by atoms with Gasteiger partial charge >= 0.3 is 0 Å². The fourth-order valence-electron chi connectivity index (χ4n) is 1.96. The molecule has 2 rings (SSSR count). The van der Waals surface area contributed by atoms with Gasteiger partial charge in [-0.1, -0.05) is 13.3 Å². The Morgan fingerprint density at radius 3 is 2.94 bits per heavy atom. The first-order valence-electron chi connectivity index (χ1n) is 6.25. The van der Waals surface area contributed by atoms with Gasteiger partial charge in [0, 0.05) is 32.4 Å². The van der Waals surface area contributed by atoms with Gasteiger partial charge in [-0.15, -0.1) is 0 Å².